The number of aromatic nitrogens is 2. The first kappa shape index (κ1) is 19.4. The van der Waals surface area contributed by atoms with Crippen molar-refractivity contribution in [2.75, 3.05) is 44.3 Å². The second-order valence-electron chi connectivity index (χ2n) is 7.97. The zero-order valence-electron chi connectivity index (χ0n) is 16.8. The van der Waals surface area contributed by atoms with E-state index in [4.69, 9.17) is 21.3 Å². The highest BCUT2D eigenvalue weighted by Gasteiger charge is 2.29. The van der Waals surface area contributed by atoms with Gasteiger partial charge in [0, 0.05) is 43.3 Å². The average Bonchev–Trinajstić information content (AvgIpc) is 3.24. The molecular weight excluding hydrogens is 400 g/mol. The SMILES string of the molecule is O=C(C1CCN(c2ccc(Cl)c(-c3nc4ccccc4[nH]3)c2)CC1)N1CCOCC1. The molecule has 0 saturated carbocycles. The smallest absolute Gasteiger partial charge is 0.225 e. The van der Waals surface area contributed by atoms with E-state index in [-0.39, 0.29) is 11.8 Å². The summed E-state index contributed by atoms with van der Waals surface area (Å²) in [6.45, 7) is 4.47. The standard InChI is InChI=1S/C23H25ClN4O2/c24-19-6-5-17(15-18(19)22-25-20-3-1-2-4-21(20)26-22)27-9-7-16(8-10-27)23(29)28-11-13-30-14-12-28/h1-6,15-16H,7-14H2,(H,25,26). The molecule has 0 atom stereocenters. The van der Waals surface area contributed by atoms with Crippen LogP contribution in [0.4, 0.5) is 5.69 Å². The maximum atomic E-state index is 12.8. The summed E-state index contributed by atoms with van der Waals surface area (Å²) in [4.78, 5) is 25.2. The van der Waals surface area contributed by atoms with Gasteiger partial charge < -0.3 is 19.5 Å². The summed E-state index contributed by atoms with van der Waals surface area (Å²) in [6.07, 6.45) is 1.75. The lowest BCUT2D eigenvalue weighted by molar-refractivity contribution is -0.140. The monoisotopic (exact) mass is 424 g/mol. The zero-order chi connectivity index (χ0) is 20.5. The van der Waals surface area contributed by atoms with Crippen LogP contribution in [0, 0.1) is 5.92 Å². The molecule has 156 valence electrons. The van der Waals surface area contributed by atoms with Gasteiger partial charge in [-0.3, -0.25) is 4.79 Å². The van der Waals surface area contributed by atoms with Gasteiger partial charge in [0.25, 0.3) is 0 Å². The average molecular weight is 425 g/mol. The van der Waals surface area contributed by atoms with Gasteiger partial charge in [-0.15, -0.1) is 0 Å². The molecular formula is C23H25ClN4O2. The number of hydrogen-bond acceptors (Lipinski definition) is 4. The van der Waals surface area contributed by atoms with Gasteiger partial charge in [0.05, 0.1) is 29.3 Å². The number of imidazole rings is 1. The molecule has 6 nitrogen and oxygen atoms in total. The van der Waals surface area contributed by atoms with E-state index < -0.39 is 0 Å². The number of amides is 1. The zero-order valence-corrected chi connectivity index (χ0v) is 17.6. The highest BCUT2D eigenvalue weighted by molar-refractivity contribution is 6.33. The van der Waals surface area contributed by atoms with Gasteiger partial charge in [0.2, 0.25) is 5.91 Å². The van der Waals surface area contributed by atoms with Gasteiger partial charge in [0.15, 0.2) is 0 Å². The van der Waals surface area contributed by atoms with Gasteiger partial charge in [-0.25, -0.2) is 4.98 Å². The summed E-state index contributed by atoms with van der Waals surface area (Å²) < 4.78 is 5.37. The number of para-hydroxylation sites is 2. The quantitative estimate of drug-likeness (QED) is 0.691. The molecule has 2 aromatic carbocycles. The number of halogens is 1. The molecule has 1 N–H and O–H groups in total. The van der Waals surface area contributed by atoms with Crippen LogP contribution in [0.5, 0.6) is 0 Å². The molecule has 2 saturated heterocycles. The predicted molar refractivity (Wildman–Crippen MR) is 119 cm³/mol. The summed E-state index contributed by atoms with van der Waals surface area (Å²) in [5, 5.41) is 0.676. The largest absolute Gasteiger partial charge is 0.378 e. The number of aromatic amines is 1. The van der Waals surface area contributed by atoms with Crippen LogP contribution >= 0.6 is 11.6 Å². The Labute approximate surface area is 180 Å². The maximum absolute atomic E-state index is 12.8. The highest BCUT2D eigenvalue weighted by atomic mass is 35.5. The van der Waals surface area contributed by atoms with E-state index >= 15 is 0 Å². The number of nitrogens with zero attached hydrogens (tertiary/aromatic N) is 3. The minimum absolute atomic E-state index is 0.112. The fourth-order valence-corrected chi connectivity index (χ4v) is 4.61. The molecule has 3 aromatic rings. The Morgan fingerprint density at radius 3 is 2.60 bits per heavy atom. The van der Waals surface area contributed by atoms with Crippen molar-refractivity contribution in [3.63, 3.8) is 0 Å². The Kier molecular flexibility index (Phi) is 5.35. The Morgan fingerprint density at radius 1 is 1.07 bits per heavy atom. The van der Waals surface area contributed by atoms with E-state index in [1.165, 1.54) is 0 Å². The van der Waals surface area contributed by atoms with Crippen LogP contribution in [-0.2, 0) is 9.53 Å². The first-order chi connectivity index (χ1) is 14.7. The lowest BCUT2D eigenvalue weighted by atomic mass is 9.94. The van der Waals surface area contributed by atoms with Gasteiger partial charge >= 0.3 is 0 Å². The highest BCUT2D eigenvalue weighted by Crippen LogP contribution is 2.33. The van der Waals surface area contributed by atoms with Crippen molar-refractivity contribution in [1.82, 2.24) is 14.9 Å². The number of morpholine rings is 1. The number of ether oxygens (including phenoxy) is 1. The van der Waals surface area contributed by atoms with Crippen molar-refractivity contribution >= 4 is 34.2 Å². The van der Waals surface area contributed by atoms with Crippen LogP contribution in [0.15, 0.2) is 42.5 Å². The fourth-order valence-electron chi connectivity index (χ4n) is 4.40. The molecule has 7 heteroatoms. The van der Waals surface area contributed by atoms with Crippen LogP contribution in [0.2, 0.25) is 5.02 Å². The molecule has 2 aliphatic rings. The number of fused-ring (bicyclic) bond motifs is 1. The van der Waals surface area contributed by atoms with Crippen LogP contribution in [0.1, 0.15) is 12.8 Å². The van der Waals surface area contributed by atoms with E-state index in [1.807, 2.05) is 35.2 Å². The second-order valence-corrected chi connectivity index (χ2v) is 8.37. The van der Waals surface area contributed by atoms with Gasteiger partial charge in [-0.2, -0.15) is 0 Å². The number of H-pyrrole nitrogens is 1. The summed E-state index contributed by atoms with van der Waals surface area (Å²) in [5.41, 5.74) is 3.94. The molecule has 2 fully saturated rings. The molecule has 5 rings (SSSR count). The summed E-state index contributed by atoms with van der Waals surface area (Å²) in [6, 6.07) is 14.1. The predicted octanol–water partition coefficient (Wildman–Crippen LogP) is 3.96. The Morgan fingerprint density at radius 2 is 1.83 bits per heavy atom. The number of anilines is 1. The summed E-state index contributed by atoms with van der Waals surface area (Å²) in [5.74, 6) is 1.18. The van der Waals surface area contributed by atoms with Gasteiger partial charge in [-0.1, -0.05) is 23.7 Å². The van der Waals surface area contributed by atoms with Crippen LogP contribution in [-0.4, -0.2) is 60.2 Å². The number of hydrogen-bond donors (Lipinski definition) is 1. The number of rotatable bonds is 3. The van der Waals surface area contributed by atoms with Crippen molar-refractivity contribution < 1.29 is 9.53 Å². The normalized spacial score (nSPS) is 18.2. The third kappa shape index (κ3) is 3.77. The molecule has 0 radical (unpaired) electrons. The van der Waals surface area contributed by atoms with Crippen LogP contribution in [0.3, 0.4) is 0 Å². The first-order valence-electron chi connectivity index (χ1n) is 10.6. The lowest BCUT2D eigenvalue weighted by Crippen LogP contribution is -2.46. The number of benzene rings is 2. The molecule has 0 aliphatic carbocycles. The first-order valence-corrected chi connectivity index (χ1v) is 10.9. The lowest BCUT2D eigenvalue weighted by Gasteiger charge is -2.36. The molecule has 1 amide bonds. The third-order valence-electron chi connectivity index (χ3n) is 6.13. The topological polar surface area (TPSA) is 61.5 Å². The third-order valence-corrected chi connectivity index (χ3v) is 6.46. The van der Waals surface area contributed by atoms with Crippen molar-refractivity contribution in [2.45, 2.75) is 12.8 Å². The van der Waals surface area contributed by atoms with Crippen molar-refractivity contribution in [2.24, 2.45) is 5.92 Å². The molecule has 0 bridgehead atoms. The number of piperidine rings is 1. The van der Waals surface area contributed by atoms with Crippen LogP contribution < -0.4 is 4.90 Å². The maximum Gasteiger partial charge on any atom is 0.225 e. The summed E-state index contributed by atoms with van der Waals surface area (Å²) in [7, 11) is 0. The molecule has 0 spiro atoms. The van der Waals surface area contributed by atoms with Gasteiger partial charge in [0.1, 0.15) is 5.82 Å². The second kappa shape index (κ2) is 8.28. The van der Waals surface area contributed by atoms with E-state index in [0.29, 0.717) is 18.2 Å². The van der Waals surface area contributed by atoms with Crippen molar-refractivity contribution in [1.29, 1.82) is 0 Å². The number of carbonyl (C=O) groups excluding carboxylic acids is 1. The molecule has 2 aliphatic heterocycles. The molecule has 0 unspecified atom stereocenters. The molecule has 30 heavy (non-hydrogen) atoms. The molecule has 1 aromatic heterocycles. The van der Waals surface area contributed by atoms with Crippen LogP contribution in [0.25, 0.3) is 22.4 Å². The van der Waals surface area contributed by atoms with Crippen molar-refractivity contribution in [3.8, 4) is 11.4 Å². The Balaban J connectivity index is 1.31. The van der Waals surface area contributed by atoms with Crippen molar-refractivity contribution in [3.05, 3.63) is 47.5 Å². The number of carbonyl (C=O) groups is 1. The van der Waals surface area contributed by atoms with E-state index in [2.05, 4.69) is 22.0 Å². The Hall–Kier alpha value is -2.57. The Bertz CT molecular complexity index is 1020. The summed E-state index contributed by atoms with van der Waals surface area (Å²) >= 11 is 6.51. The van der Waals surface area contributed by atoms with E-state index in [0.717, 1.165) is 67.1 Å². The molecule has 3 heterocycles. The van der Waals surface area contributed by atoms with E-state index in [1.54, 1.807) is 0 Å². The van der Waals surface area contributed by atoms with E-state index in [9.17, 15) is 4.79 Å². The number of nitrogens with one attached hydrogen (secondary N) is 1. The fraction of sp³-hybridized carbons (Fsp3) is 0.391. The van der Waals surface area contributed by atoms with Gasteiger partial charge in [-0.05, 0) is 43.2 Å². The minimum atomic E-state index is 0.112. The minimum Gasteiger partial charge on any atom is -0.378 e.